The van der Waals surface area contributed by atoms with Crippen LogP contribution in [-0.4, -0.2) is 27.0 Å². The summed E-state index contributed by atoms with van der Waals surface area (Å²) in [6, 6.07) is 1.37. The average molecular weight is 287 g/mol. The highest BCUT2D eigenvalue weighted by Gasteiger charge is 2.19. The molecule has 0 aliphatic carbocycles. The molecular formula is C15H21N5O. The minimum absolute atomic E-state index is 0.0367. The quantitative estimate of drug-likeness (QED) is 0.879. The number of nitrogens with zero attached hydrogens (tertiary/aromatic N) is 3. The van der Waals surface area contributed by atoms with E-state index in [1.807, 2.05) is 11.5 Å². The SMILES string of the molecule is CC(C)CNC(=O)C(C)n1cncc1-c1cnccc1N. The van der Waals surface area contributed by atoms with E-state index in [0.29, 0.717) is 18.2 Å². The number of nitrogens with one attached hydrogen (secondary N) is 1. The van der Waals surface area contributed by atoms with Crippen molar-refractivity contribution in [3.05, 3.63) is 31.0 Å². The highest BCUT2D eigenvalue weighted by Crippen LogP contribution is 2.26. The Morgan fingerprint density at radius 1 is 1.33 bits per heavy atom. The normalized spacial score (nSPS) is 12.4. The molecule has 0 aromatic carbocycles. The summed E-state index contributed by atoms with van der Waals surface area (Å²) in [4.78, 5) is 20.4. The zero-order valence-electron chi connectivity index (χ0n) is 12.6. The summed E-state index contributed by atoms with van der Waals surface area (Å²) in [5.41, 5.74) is 8.15. The topological polar surface area (TPSA) is 85.8 Å². The summed E-state index contributed by atoms with van der Waals surface area (Å²) >= 11 is 0. The molecule has 3 N–H and O–H groups in total. The first-order valence-corrected chi connectivity index (χ1v) is 7.00. The lowest BCUT2D eigenvalue weighted by molar-refractivity contribution is -0.124. The molecule has 112 valence electrons. The van der Waals surface area contributed by atoms with E-state index in [0.717, 1.165) is 11.3 Å². The molecule has 2 aromatic rings. The van der Waals surface area contributed by atoms with Gasteiger partial charge in [0.25, 0.3) is 0 Å². The van der Waals surface area contributed by atoms with Crippen molar-refractivity contribution in [2.75, 3.05) is 12.3 Å². The highest BCUT2D eigenvalue weighted by atomic mass is 16.2. The molecule has 2 rings (SSSR count). The first-order valence-electron chi connectivity index (χ1n) is 7.00. The van der Waals surface area contributed by atoms with Gasteiger partial charge < -0.3 is 15.6 Å². The summed E-state index contributed by atoms with van der Waals surface area (Å²) in [5.74, 6) is 0.378. The minimum atomic E-state index is -0.360. The number of hydrogen-bond donors (Lipinski definition) is 2. The monoisotopic (exact) mass is 287 g/mol. The van der Waals surface area contributed by atoms with Crippen molar-refractivity contribution in [1.29, 1.82) is 0 Å². The zero-order chi connectivity index (χ0) is 15.4. The van der Waals surface area contributed by atoms with Crippen molar-refractivity contribution < 1.29 is 4.79 Å². The third kappa shape index (κ3) is 3.39. The second-order valence-corrected chi connectivity index (χ2v) is 5.46. The van der Waals surface area contributed by atoms with E-state index >= 15 is 0 Å². The van der Waals surface area contributed by atoms with E-state index in [2.05, 4.69) is 29.1 Å². The molecule has 6 nitrogen and oxygen atoms in total. The predicted molar refractivity (Wildman–Crippen MR) is 82.4 cm³/mol. The zero-order valence-corrected chi connectivity index (χ0v) is 12.6. The number of carbonyl (C=O) groups excluding carboxylic acids is 1. The van der Waals surface area contributed by atoms with Gasteiger partial charge in [0.2, 0.25) is 5.91 Å². The van der Waals surface area contributed by atoms with Crippen LogP contribution in [-0.2, 0) is 4.79 Å². The van der Waals surface area contributed by atoms with Crippen LogP contribution in [0.4, 0.5) is 5.69 Å². The van der Waals surface area contributed by atoms with Gasteiger partial charge in [-0.2, -0.15) is 0 Å². The van der Waals surface area contributed by atoms with Gasteiger partial charge in [0.05, 0.1) is 18.2 Å². The van der Waals surface area contributed by atoms with Crippen LogP contribution in [0, 0.1) is 5.92 Å². The molecular weight excluding hydrogens is 266 g/mol. The molecule has 21 heavy (non-hydrogen) atoms. The standard InChI is InChI=1S/C15H21N5O/c1-10(2)6-19-15(21)11(3)20-9-18-8-14(20)12-7-17-5-4-13(12)16/h4-5,7-11H,6H2,1-3H3,(H2,16,17)(H,19,21). The molecule has 0 aliphatic heterocycles. The first-order chi connectivity index (χ1) is 10.0. The van der Waals surface area contributed by atoms with Gasteiger partial charge in [-0.1, -0.05) is 13.8 Å². The molecule has 0 aliphatic rings. The van der Waals surface area contributed by atoms with Gasteiger partial charge in [0.1, 0.15) is 6.04 Å². The Labute approximate surface area is 124 Å². The van der Waals surface area contributed by atoms with E-state index in [4.69, 9.17) is 5.73 Å². The number of nitrogen functional groups attached to an aromatic ring is 1. The van der Waals surface area contributed by atoms with Crippen molar-refractivity contribution in [2.24, 2.45) is 5.92 Å². The number of nitrogens with two attached hydrogens (primary N) is 1. The number of hydrogen-bond acceptors (Lipinski definition) is 4. The van der Waals surface area contributed by atoms with Gasteiger partial charge in [-0.15, -0.1) is 0 Å². The maximum atomic E-state index is 12.2. The predicted octanol–water partition coefficient (Wildman–Crippen LogP) is 1.86. The number of anilines is 1. The molecule has 2 aromatic heterocycles. The van der Waals surface area contributed by atoms with Crippen LogP contribution in [0.25, 0.3) is 11.3 Å². The Morgan fingerprint density at radius 3 is 2.76 bits per heavy atom. The lowest BCUT2D eigenvalue weighted by Gasteiger charge is -2.17. The summed E-state index contributed by atoms with van der Waals surface area (Å²) in [6.07, 6.45) is 6.65. The average Bonchev–Trinajstić information content (AvgIpc) is 2.93. The lowest BCUT2D eigenvalue weighted by atomic mass is 10.1. The maximum absolute atomic E-state index is 12.2. The van der Waals surface area contributed by atoms with Crippen LogP contribution in [0.3, 0.4) is 0 Å². The Kier molecular flexibility index (Phi) is 4.57. The van der Waals surface area contributed by atoms with Gasteiger partial charge in [-0.05, 0) is 18.9 Å². The fraction of sp³-hybridized carbons (Fsp3) is 0.400. The van der Waals surface area contributed by atoms with Crippen molar-refractivity contribution in [3.8, 4) is 11.3 Å². The largest absolute Gasteiger partial charge is 0.398 e. The first kappa shape index (κ1) is 15.0. The van der Waals surface area contributed by atoms with Crippen LogP contribution >= 0.6 is 0 Å². The van der Waals surface area contributed by atoms with Crippen molar-refractivity contribution >= 4 is 11.6 Å². The van der Waals surface area contributed by atoms with E-state index in [1.165, 1.54) is 0 Å². The fourth-order valence-corrected chi connectivity index (χ4v) is 2.02. The van der Waals surface area contributed by atoms with Crippen LogP contribution < -0.4 is 11.1 Å². The highest BCUT2D eigenvalue weighted by molar-refractivity contribution is 5.81. The number of rotatable bonds is 5. The van der Waals surface area contributed by atoms with E-state index < -0.39 is 0 Å². The Hall–Kier alpha value is -2.37. The molecule has 1 unspecified atom stereocenters. The van der Waals surface area contributed by atoms with Crippen LogP contribution in [0.15, 0.2) is 31.0 Å². The third-order valence-electron chi connectivity index (χ3n) is 3.28. The molecule has 6 heteroatoms. The van der Waals surface area contributed by atoms with Crippen LogP contribution in [0.1, 0.15) is 26.8 Å². The molecule has 0 bridgehead atoms. The van der Waals surface area contributed by atoms with Crippen LogP contribution in [0.2, 0.25) is 0 Å². The summed E-state index contributed by atoms with van der Waals surface area (Å²) < 4.78 is 1.81. The number of carbonyl (C=O) groups is 1. The van der Waals surface area contributed by atoms with Crippen molar-refractivity contribution in [2.45, 2.75) is 26.8 Å². The summed E-state index contributed by atoms with van der Waals surface area (Å²) in [6.45, 7) is 6.61. The van der Waals surface area contributed by atoms with Gasteiger partial charge in [0, 0.05) is 30.2 Å². The molecule has 2 heterocycles. The molecule has 0 fully saturated rings. The smallest absolute Gasteiger partial charge is 0.242 e. The number of imidazole rings is 1. The van der Waals surface area contributed by atoms with Gasteiger partial charge >= 0.3 is 0 Å². The molecule has 0 saturated carbocycles. The lowest BCUT2D eigenvalue weighted by Crippen LogP contribution is -2.33. The number of pyridine rings is 1. The fourth-order valence-electron chi connectivity index (χ4n) is 2.02. The molecule has 0 saturated heterocycles. The van der Waals surface area contributed by atoms with E-state index in [1.54, 1.807) is 31.0 Å². The minimum Gasteiger partial charge on any atom is -0.398 e. The van der Waals surface area contributed by atoms with E-state index in [9.17, 15) is 4.79 Å². The molecule has 1 atom stereocenters. The summed E-state index contributed by atoms with van der Waals surface area (Å²) in [5, 5.41) is 2.93. The molecule has 1 amide bonds. The number of amides is 1. The Morgan fingerprint density at radius 2 is 2.10 bits per heavy atom. The third-order valence-corrected chi connectivity index (χ3v) is 3.28. The summed E-state index contributed by atoms with van der Waals surface area (Å²) in [7, 11) is 0. The Bertz CT molecular complexity index is 620. The maximum Gasteiger partial charge on any atom is 0.242 e. The second-order valence-electron chi connectivity index (χ2n) is 5.46. The second kappa shape index (κ2) is 6.39. The van der Waals surface area contributed by atoms with Crippen molar-refractivity contribution in [1.82, 2.24) is 19.9 Å². The number of aromatic nitrogens is 3. The van der Waals surface area contributed by atoms with E-state index in [-0.39, 0.29) is 11.9 Å². The van der Waals surface area contributed by atoms with Crippen LogP contribution in [0.5, 0.6) is 0 Å². The molecule has 0 spiro atoms. The molecule has 0 radical (unpaired) electrons. The van der Waals surface area contributed by atoms with Crippen molar-refractivity contribution in [3.63, 3.8) is 0 Å². The van der Waals surface area contributed by atoms with Gasteiger partial charge in [-0.25, -0.2) is 4.98 Å². The van der Waals surface area contributed by atoms with Gasteiger partial charge in [-0.3, -0.25) is 9.78 Å². The Balaban J connectivity index is 2.24. The van der Waals surface area contributed by atoms with Gasteiger partial charge in [0.15, 0.2) is 0 Å².